The molecule has 9 heavy (non-hydrogen) atoms. The number of unbranched alkanes of at least 4 members (excludes halogenated alkanes) is 2. The van der Waals surface area contributed by atoms with Crippen molar-refractivity contribution >= 4 is 0 Å². The quantitative estimate of drug-likeness (QED) is 0.444. The Morgan fingerprint density at radius 2 is 2.00 bits per heavy atom. The van der Waals surface area contributed by atoms with Gasteiger partial charge in [0.05, 0.1) is 0 Å². The van der Waals surface area contributed by atoms with Crippen LogP contribution in [0.2, 0.25) is 0 Å². The Hall–Kier alpha value is -0.300. The zero-order valence-corrected chi connectivity index (χ0v) is 6.27. The molecule has 0 aromatic rings. The number of hydrogen-bond donors (Lipinski definition) is 1. The minimum absolute atomic E-state index is 0.833. The molecule has 0 unspecified atom stereocenters. The standard InChI is InChI=1S/C8H17N/c1-2-3-4-5-6-7-8-9/h3-4H,2,5-9H2,1H3/b4-3+. The lowest BCUT2D eigenvalue weighted by molar-refractivity contribution is 0.757. The highest BCUT2D eigenvalue weighted by Gasteiger charge is 1.79. The third-order valence-electron chi connectivity index (χ3n) is 1.23. The van der Waals surface area contributed by atoms with E-state index >= 15 is 0 Å². The predicted octanol–water partition coefficient (Wildman–Crippen LogP) is 2.08. The lowest BCUT2D eigenvalue weighted by atomic mass is 10.2. The fourth-order valence-corrected chi connectivity index (χ4v) is 0.691. The minimum atomic E-state index is 0.833. The summed E-state index contributed by atoms with van der Waals surface area (Å²) in [5.74, 6) is 0. The van der Waals surface area contributed by atoms with Gasteiger partial charge in [0, 0.05) is 0 Å². The lowest BCUT2D eigenvalue weighted by Crippen LogP contribution is -1.96. The molecule has 0 rings (SSSR count). The molecule has 0 saturated carbocycles. The molecule has 0 amide bonds. The third kappa shape index (κ3) is 7.70. The molecule has 0 aliphatic carbocycles. The molecule has 0 aliphatic heterocycles. The van der Waals surface area contributed by atoms with E-state index in [1.165, 1.54) is 12.8 Å². The van der Waals surface area contributed by atoms with Crippen LogP contribution in [0.15, 0.2) is 12.2 Å². The van der Waals surface area contributed by atoms with Gasteiger partial charge >= 0.3 is 0 Å². The van der Waals surface area contributed by atoms with Gasteiger partial charge in [-0.2, -0.15) is 0 Å². The van der Waals surface area contributed by atoms with Crippen molar-refractivity contribution in [2.45, 2.75) is 32.6 Å². The second-order valence-electron chi connectivity index (χ2n) is 2.16. The number of rotatable bonds is 5. The summed E-state index contributed by atoms with van der Waals surface area (Å²) in [7, 11) is 0. The monoisotopic (exact) mass is 127 g/mol. The zero-order valence-electron chi connectivity index (χ0n) is 6.27. The molecule has 1 nitrogen and oxygen atoms in total. The second kappa shape index (κ2) is 7.70. The average Bonchev–Trinajstić information content (AvgIpc) is 1.89. The summed E-state index contributed by atoms with van der Waals surface area (Å²) in [6, 6.07) is 0. The van der Waals surface area contributed by atoms with E-state index in [-0.39, 0.29) is 0 Å². The van der Waals surface area contributed by atoms with Gasteiger partial charge in [-0.3, -0.25) is 0 Å². The Bertz CT molecular complexity index is 67.0. The van der Waals surface area contributed by atoms with Gasteiger partial charge in [0.25, 0.3) is 0 Å². The second-order valence-corrected chi connectivity index (χ2v) is 2.16. The number of hydrogen-bond acceptors (Lipinski definition) is 1. The highest BCUT2D eigenvalue weighted by atomic mass is 14.5. The highest BCUT2D eigenvalue weighted by molar-refractivity contribution is 4.79. The topological polar surface area (TPSA) is 26.0 Å². The van der Waals surface area contributed by atoms with Gasteiger partial charge in [-0.1, -0.05) is 19.1 Å². The first kappa shape index (κ1) is 8.70. The van der Waals surface area contributed by atoms with Crippen molar-refractivity contribution in [1.82, 2.24) is 0 Å². The van der Waals surface area contributed by atoms with Crippen LogP contribution in [0.1, 0.15) is 32.6 Å². The molecular weight excluding hydrogens is 110 g/mol. The molecule has 0 bridgehead atoms. The maximum Gasteiger partial charge on any atom is -0.00772 e. The first-order valence-electron chi connectivity index (χ1n) is 3.77. The molecular formula is C8H17N. The van der Waals surface area contributed by atoms with E-state index in [1.54, 1.807) is 0 Å². The van der Waals surface area contributed by atoms with E-state index < -0.39 is 0 Å². The van der Waals surface area contributed by atoms with Crippen LogP contribution >= 0.6 is 0 Å². The van der Waals surface area contributed by atoms with Crippen molar-refractivity contribution in [2.24, 2.45) is 5.73 Å². The van der Waals surface area contributed by atoms with E-state index in [0.29, 0.717) is 0 Å². The van der Waals surface area contributed by atoms with Gasteiger partial charge in [0.1, 0.15) is 0 Å². The third-order valence-corrected chi connectivity index (χ3v) is 1.23. The Kier molecular flexibility index (Phi) is 7.44. The van der Waals surface area contributed by atoms with Gasteiger partial charge in [-0.25, -0.2) is 0 Å². The van der Waals surface area contributed by atoms with Crippen molar-refractivity contribution < 1.29 is 0 Å². The first-order chi connectivity index (χ1) is 4.41. The van der Waals surface area contributed by atoms with Gasteiger partial charge < -0.3 is 5.73 Å². The minimum Gasteiger partial charge on any atom is -0.330 e. The molecule has 0 fully saturated rings. The van der Waals surface area contributed by atoms with Crippen LogP contribution < -0.4 is 5.73 Å². The summed E-state index contributed by atoms with van der Waals surface area (Å²) >= 11 is 0. The van der Waals surface area contributed by atoms with E-state index in [0.717, 1.165) is 19.4 Å². The summed E-state index contributed by atoms with van der Waals surface area (Å²) in [6.07, 6.45) is 9.20. The Morgan fingerprint density at radius 1 is 1.22 bits per heavy atom. The van der Waals surface area contributed by atoms with Crippen LogP contribution in [0, 0.1) is 0 Å². The number of nitrogens with two attached hydrogens (primary N) is 1. The molecule has 0 spiro atoms. The Balaban J connectivity index is 2.82. The van der Waals surface area contributed by atoms with Gasteiger partial charge in [0.15, 0.2) is 0 Å². The van der Waals surface area contributed by atoms with Crippen LogP contribution in [0.4, 0.5) is 0 Å². The molecule has 2 N–H and O–H groups in total. The molecule has 0 radical (unpaired) electrons. The lowest BCUT2D eigenvalue weighted by Gasteiger charge is -1.90. The van der Waals surface area contributed by atoms with Gasteiger partial charge in [-0.05, 0) is 32.2 Å². The first-order valence-corrected chi connectivity index (χ1v) is 3.77. The maximum absolute atomic E-state index is 5.32. The van der Waals surface area contributed by atoms with E-state index in [4.69, 9.17) is 5.73 Å². The Morgan fingerprint density at radius 3 is 2.56 bits per heavy atom. The van der Waals surface area contributed by atoms with Crippen LogP contribution in [-0.2, 0) is 0 Å². The summed E-state index contributed by atoms with van der Waals surface area (Å²) in [4.78, 5) is 0. The van der Waals surface area contributed by atoms with Gasteiger partial charge in [0.2, 0.25) is 0 Å². The van der Waals surface area contributed by atoms with Crippen LogP contribution in [0.5, 0.6) is 0 Å². The van der Waals surface area contributed by atoms with Crippen LogP contribution in [0.3, 0.4) is 0 Å². The molecule has 54 valence electrons. The van der Waals surface area contributed by atoms with Crippen molar-refractivity contribution in [1.29, 1.82) is 0 Å². The van der Waals surface area contributed by atoms with Crippen molar-refractivity contribution in [3.05, 3.63) is 12.2 Å². The zero-order chi connectivity index (χ0) is 6.95. The van der Waals surface area contributed by atoms with Crippen molar-refractivity contribution in [3.63, 3.8) is 0 Å². The summed E-state index contributed by atoms with van der Waals surface area (Å²) in [5.41, 5.74) is 5.32. The van der Waals surface area contributed by atoms with E-state index in [2.05, 4.69) is 19.1 Å². The predicted molar refractivity (Wildman–Crippen MR) is 42.3 cm³/mol. The highest BCUT2D eigenvalue weighted by Crippen LogP contribution is 1.94. The molecule has 0 aliphatic rings. The number of allylic oxidation sites excluding steroid dienone is 2. The SMILES string of the molecule is CC/C=C/CCCCN. The molecule has 0 heterocycles. The Labute approximate surface area is 57.9 Å². The van der Waals surface area contributed by atoms with E-state index in [1.807, 2.05) is 0 Å². The summed E-state index contributed by atoms with van der Waals surface area (Å²) < 4.78 is 0. The fraction of sp³-hybridized carbons (Fsp3) is 0.750. The van der Waals surface area contributed by atoms with Crippen molar-refractivity contribution in [3.8, 4) is 0 Å². The van der Waals surface area contributed by atoms with Crippen LogP contribution in [0.25, 0.3) is 0 Å². The molecule has 0 atom stereocenters. The molecule has 0 aromatic carbocycles. The normalized spacial score (nSPS) is 10.9. The average molecular weight is 127 g/mol. The van der Waals surface area contributed by atoms with Crippen molar-refractivity contribution in [2.75, 3.05) is 6.54 Å². The summed E-state index contributed by atoms with van der Waals surface area (Å²) in [6.45, 7) is 2.99. The fourth-order valence-electron chi connectivity index (χ4n) is 0.691. The van der Waals surface area contributed by atoms with E-state index in [9.17, 15) is 0 Å². The maximum atomic E-state index is 5.32. The molecule has 0 aromatic heterocycles. The molecule has 1 heteroatoms. The largest absolute Gasteiger partial charge is 0.330 e. The molecule has 0 saturated heterocycles. The van der Waals surface area contributed by atoms with Crippen LogP contribution in [-0.4, -0.2) is 6.54 Å². The smallest absolute Gasteiger partial charge is 0.00772 e. The van der Waals surface area contributed by atoms with Gasteiger partial charge in [-0.15, -0.1) is 0 Å². The summed E-state index contributed by atoms with van der Waals surface area (Å²) in [5, 5.41) is 0.